The molecule has 1 amide bonds. The summed E-state index contributed by atoms with van der Waals surface area (Å²) >= 11 is 0. The minimum Gasteiger partial charge on any atom is -0.479 e. The molecule has 4 nitrogen and oxygen atoms in total. The number of benzene rings is 2. The highest BCUT2D eigenvalue weighted by molar-refractivity contribution is 5.89. The number of fused-ring (bicyclic) bond motifs is 1. The zero-order valence-corrected chi connectivity index (χ0v) is 14.8. The van der Waals surface area contributed by atoms with Crippen LogP contribution in [0.15, 0.2) is 48.5 Å². The molecule has 2 aromatic carbocycles. The second kappa shape index (κ2) is 6.65. The number of aliphatic carboxylic acids is 1. The Hall–Kier alpha value is -2.83. The third-order valence-corrected chi connectivity index (χ3v) is 5.55. The minimum atomic E-state index is -4.44. The van der Waals surface area contributed by atoms with Gasteiger partial charge in [-0.15, -0.1) is 0 Å². The van der Waals surface area contributed by atoms with Crippen LogP contribution < -0.4 is 0 Å². The van der Waals surface area contributed by atoms with E-state index in [9.17, 15) is 27.9 Å². The Morgan fingerprint density at radius 3 is 2.54 bits per heavy atom. The van der Waals surface area contributed by atoms with Crippen molar-refractivity contribution in [1.29, 1.82) is 0 Å². The van der Waals surface area contributed by atoms with Crippen LogP contribution in [0.2, 0.25) is 0 Å². The van der Waals surface area contributed by atoms with Gasteiger partial charge in [-0.1, -0.05) is 42.5 Å². The van der Waals surface area contributed by atoms with Crippen molar-refractivity contribution in [2.45, 2.75) is 31.0 Å². The summed E-state index contributed by atoms with van der Waals surface area (Å²) in [5.74, 6) is -2.18. The minimum absolute atomic E-state index is 0.290. The van der Waals surface area contributed by atoms with Crippen molar-refractivity contribution in [1.82, 2.24) is 4.90 Å². The number of carbonyl (C=O) groups is 2. The van der Waals surface area contributed by atoms with Crippen molar-refractivity contribution in [3.63, 3.8) is 0 Å². The molecular formula is C21H18F3NO3. The van der Waals surface area contributed by atoms with E-state index in [4.69, 9.17) is 0 Å². The fourth-order valence-corrected chi connectivity index (χ4v) is 4.07. The van der Waals surface area contributed by atoms with Crippen molar-refractivity contribution >= 4 is 11.9 Å². The number of carboxylic acids is 1. The van der Waals surface area contributed by atoms with E-state index in [1.165, 1.54) is 11.0 Å². The molecule has 3 atom stereocenters. The van der Waals surface area contributed by atoms with E-state index < -0.39 is 29.7 Å². The summed E-state index contributed by atoms with van der Waals surface area (Å²) in [5.41, 5.74) is 1.24. The Morgan fingerprint density at radius 1 is 1.07 bits per heavy atom. The van der Waals surface area contributed by atoms with E-state index in [1.807, 2.05) is 12.1 Å². The van der Waals surface area contributed by atoms with Crippen molar-refractivity contribution in [2.75, 3.05) is 6.54 Å². The Bertz CT molecular complexity index is 940. The lowest BCUT2D eigenvalue weighted by Crippen LogP contribution is -2.44. The number of alkyl halides is 3. The molecule has 28 heavy (non-hydrogen) atoms. The first-order valence-corrected chi connectivity index (χ1v) is 9.05. The largest absolute Gasteiger partial charge is 0.479 e. The number of nitrogens with zero attached hydrogens (tertiary/aromatic N) is 1. The van der Waals surface area contributed by atoms with Crippen molar-refractivity contribution in [3.05, 3.63) is 70.8 Å². The first-order valence-electron chi connectivity index (χ1n) is 9.05. The van der Waals surface area contributed by atoms with Gasteiger partial charge in [-0.3, -0.25) is 4.79 Å². The highest BCUT2D eigenvalue weighted by Gasteiger charge is 2.49. The molecule has 7 heteroatoms. The van der Waals surface area contributed by atoms with Gasteiger partial charge in [0.25, 0.3) is 0 Å². The number of hydrogen-bond donors (Lipinski definition) is 1. The second-order valence-electron chi connectivity index (χ2n) is 7.29. The number of hydrogen-bond acceptors (Lipinski definition) is 2. The zero-order valence-electron chi connectivity index (χ0n) is 14.8. The van der Waals surface area contributed by atoms with Gasteiger partial charge in [0.05, 0.1) is 5.56 Å². The molecule has 0 aromatic heterocycles. The Balaban J connectivity index is 1.56. The average Bonchev–Trinajstić information content (AvgIpc) is 3.46. The smallest absolute Gasteiger partial charge is 0.416 e. The van der Waals surface area contributed by atoms with E-state index in [0.717, 1.165) is 17.7 Å². The predicted octanol–water partition coefficient (Wildman–Crippen LogP) is 4.02. The number of carboxylic acid groups (broad SMARTS) is 1. The van der Waals surface area contributed by atoms with Gasteiger partial charge < -0.3 is 10.0 Å². The van der Waals surface area contributed by atoms with Crippen molar-refractivity contribution < 1.29 is 27.9 Å². The van der Waals surface area contributed by atoms with Crippen LogP contribution in [0.25, 0.3) is 0 Å². The van der Waals surface area contributed by atoms with E-state index in [-0.39, 0.29) is 11.8 Å². The van der Waals surface area contributed by atoms with Crippen LogP contribution in [0, 0.1) is 5.92 Å². The summed E-state index contributed by atoms with van der Waals surface area (Å²) in [6.07, 6.45) is -3.44. The van der Waals surface area contributed by atoms with Crippen LogP contribution in [0.3, 0.4) is 0 Å². The number of carbonyl (C=O) groups excluding carboxylic acids is 1. The summed E-state index contributed by atoms with van der Waals surface area (Å²) in [7, 11) is 0. The maximum absolute atomic E-state index is 13.0. The highest BCUT2D eigenvalue weighted by Crippen LogP contribution is 2.50. The molecule has 3 unspecified atom stereocenters. The SMILES string of the molecule is O=C(O)C1c2ccccc2CCN1C(=O)C1CC1c1cccc(C(F)(F)F)c1. The lowest BCUT2D eigenvalue weighted by Gasteiger charge is -2.35. The van der Waals surface area contributed by atoms with Crippen LogP contribution in [0.1, 0.15) is 40.6 Å². The number of halogens is 3. The van der Waals surface area contributed by atoms with Crippen LogP contribution in [0.4, 0.5) is 13.2 Å². The van der Waals surface area contributed by atoms with E-state index in [2.05, 4.69) is 0 Å². The molecule has 1 aliphatic heterocycles. The van der Waals surface area contributed by atoms with E-state index in [0.29, 0.717) is 30.5 Å². The molecule has 1 fully saturated rings. The van der Waals surface area contributed by atoms with Crippen LogP contribution in [-0.2, 0) is 22.2 Å². The Morgan fingerprint density at radius 2 is 1.82 bits per heavy atom. The summed E-state index contributed by atoms with van der Waals surface area (Å²) < 4.78 is 38.8. The van der Waals surface area contributed by atoms with Crippen molar-refractivity contribution in [3.8, 4) is 0 Å². The van der Waals surface area contributed by atoms with Gasteiger partial charge in [-0.2, -0.15) is 13.2 Å². The molecule has 0 spiro atoms. The standard InChI is InChI=1S/C21H18F3NO3/c22-21(23,24)14-6-3-5-13(10-14)16-11-17(16)19(26)25-9-8-12-4-1-2-7-15(12)18(25)20(27)28/h1-7,10,16-18H,8-9,11H2,(H,27,28). The molecule has 2 aromatic rings. The van der Waals surface area contributed by atoms with E-state index in [1.54, 1.807) is 18.2 Å². The van der Waals surface area contributed by atoms with E-state index >= 15 is 0 Å². The lowest BCUT2D eigenvalue weighted by molar-refractivity contribution is -0.151. The lowest BCUT2D eigenvalue weighted by atomic mass is 9.92. The third kappa shape index (κ3) is 3.25. The van der Waals surface area contributed by atoms with Gasteiger partial charge in [-0.25, -0.2) is 4.79 Å². The maximum Gasteiger partial charge on any atom is 0.416 e. The molecule has 1 N–H and O–H groups in total. The fraction of sp³-hybridized carbons (Fsp3) is 0.333. The summed E-state index contributed by atoms with van der Waals surface area (Å²) in [6.45, 7) is 0.290. The molecule has 1 saturated carbocycles. The molecule has 0 radical (unpaired) electrons. The van der Waals surface area contributed by atoms with Crippen LogP contribution in [-0.4, -0.2) is 28.4 Å². The zero-order chi connectivity index (χ0) is 20.1. The molecule has 2 aliphatic rings. The van der Waals surface area contributed by atoms with Crippen molar-refractivity contribution in [2.24, 2.45) is 5.92 Å². The summed E-state index contributed by atoms with van der Waals surface area (Å²) in [4.78, 5) is 26.2. The quantitative estimate of drug-likeness (QED) is 0.863. The Labute approximate surface area is 159 Å². The van der Waals surface area contributed by atoms with Crippen LogP contribution >= 0.6 is 0 Å². The normalized spacial score (nSPS) is 23.8. The monoisotopic (exact) mass is 389 g/mol. The molecular weight excluding hydrogens is 371 g/mol. The highest BCUT2D eigenvalue weighted by atomic mass is 19.4. The van der Waals surface area contributed by atoms with Gasteiger partial charge in [0.1, 0.15) is 0 Å². The molecule has 146 valence electrons. The molecule has 1 aliphatic carbocycles. The first-order chi connectivity index (χ1) is 13.3. The van der Waals surface area contributed by atoms with Gasteiger partial charge in [-0.05, 0) is 41.5 Å². The molecule has 0 bridgehead atoms. The molecule has 0 saturated heterocycles. The van der Waals surface area contributed by atoms with Gasteiger partial charge in [0, 0.05) is 12.5 Å². The van der Waals surface area contributed by atoms with Crippen LogP contribution in [0.5, 0.6) is 0 Å². The number of amides is 1. The average molecular weight is 389 g/mol. The molecule has 1 heterocycles. The third-order valence-electron chi connectivity index (χ3n) is 5.55. The predicted molar refractivity (Wildman–Crippen MR) is 94.5 cm³/mol. The molecule has 4 rings (SSSR count). The maximum atomic E-state index is 13.0. The first kappa shape index (κ1) is 18.5. The summed E-state index contributed by atoms with van der Waals surface area (Å²) in [5, 5.41) is 9.70. The Kier molecular flexibility index (Phi) is 4.40. The van der Waals surface area contributed by atoms with Gasteiger partial charge in [0.2, 0.25) is 5.91 Å². The summed E-state index contributed by atoms with van der Waals surface area (Å²) in [6, 6.07) is 11.1. The van der Waals surface area contributed by atoms with Gasteiger partial charge >= 0.3 is 12.1 Å². The topological polar surface area (TPSA) is 57.6 Å². The van der Waals surface area contributed by atoms with Gasteiger partial charge in [0.15, 0.2) is 6.04 Å². The number of rotatable bonds is 3. The fourth-order valence-electron chi connectivity index (χ4n) is 4.07. The second-order valence-corrected chi connectivity index (χ2v) is 7.29.